The first-order valence-corrected chi connectivity index (χ1v) is 11.6. The number of amides is 1. The minimum absolute atomic E-state index is 0.124. The largest absolute Gasteiger partial charge is 0.465 e. The van der Waals surface area contributed by atoms with Crippen LogP contribution in [0.1, 0.15) is 6.42 Å². The molecule has 3 aliphatic heterocycles. The van der Waals surface area contributed by atoms with Crippen molar-refractivity contribution in [2.75, 3.05) is 18.0 Å². The normalized spacial score (nSPS) is 21.8. The summed E-state index contributed by atoms with van der Waals surface area (Å²) >= 11 is 1.39. The number of piperazine rings is 1. The highest BCUT2D eigenvalue weighted by molar-refractivity contribution is 8.14. The molecule has 0 aliphatic carbocycles. The molecular weight excluding hydrogens is 428 g/mol. The molecule has 3 aliphatic rings. The SMILES string of the molecule is O=C(O)N1C2CC1CN(c1nc3c(S(=O)(=O)Cl)ccc(-c4nccs4)c3o1)C2. The smallest absolute Gasteiger partial charge is 0.407 e. The lowest BCUT2D eigenvalue weighted by Gasteiger charge is -2.54. The number of hydrogen-bond donors (Lipinski definition) is 1. The van der Waals surface area contributed by atoms with Crippen LogP contribution in [0.2, 0.25) is 0 Å². The maximum atomic E-state index is 12.0. The summed E-state index contributed by atoms with van der Waals surface area (Å²) in [4.78, 5) is 23.1. The van der Waals surface area contributed by atoms with Crippen molar-refractivity contribution in [3.8, 4) is 10.6 Å². The number of nitrogens with zero attached hydrogens (tertiary/aromatic N) is 4. The first-order valence-electron chi connectivity index (χ1n) is 8.37. The number of aromatic nitrogens is 2. The Labute approximate surface area is 167 Å². The minimum atomic E-state index is -4.03. The van der Waals surface area contributed by atoms with Gasteiger partial charge >= 0.3 is 6.09 Å². The van der Waals surface area contributed by atoms with Crippen molar-refractivity contribution in [3.05, 3.63) is 23.7 Å². The maximum absolute atomic E-state index is 12.0. The van der Waals surface area contributed by atoms with Crippen molar-refractivity contribution in [1.29, 1.82) is 0 Å². The van der Waals surface area contributed by atoms with E-state index in [-0.39, 0.29) is 28.5 Å². The monoisotopic (exact) mass is 440 g/mol. The van der Waals surface area contributed by atoms with Crippen LogP contribution in [0.5, 0.6) is 0 Å². The molecule has 3 aromatic rings. The van der Waals surface area contributed by atoms with Gasteiger partial charge in [0, 0.05) is 35.3 Å². The summed E-state index contributed by atoms with van der Waals surface area (Å²) in [6.07, 6.45) is 1.52. The van der Waals surface area contributed by atoms with E-state index in [0.29, 0.717) is 29.2 Å². The van der Waals surface area contributed by atoms with E-state index in [1.807, 2.05) is 10.3 Å². The fourth-order valence-electron chi connectivity index (χ4n) is 3.91. The highest BCUT2D eigenvalue weighted by Gasteiger charge is 2.48. The summed E-state index contributed by atoms with van der Waals surface area (Å²) in [7, 11) is 1.56. The van der Waals surface area contributed by atoms with Crippen molar-refractivity contribution in [2.24, 2.45) is 0 Å². The number of hydrogen-bond acceptors (Lipinski definition) is 8. The molecule has 3 fully saturated rings. The lowest BCUT2D eigenvalue weighted by Crippen LogP contribution is -2.70. The number of anilines is 1. The number of carboxylic acid groups (broad SMARTS) is 1. The lowest BCUT2D eigenvalue weighted by molar-refractivity contribution is 0.0101. The summed E-state index contributed by atoms with van der Waals surface area (Å²) in [5, 5.41) is 11.7. The van der Waals surface area contributed by atoms with E-state index in [4.69, 9.17) is 15.1 Å². The molecule has 0 spiro atoms. The Hall–Kier alpha value is -2.37. The van der Waals surface area contributed by atoms with Crippen LogP contribution in [0.15, 0.2) is 33.0 Å². The van der Waals surface area contributed by atoms with E-state index in [1.54, 1.807) is 12.3 Å². The average Bonchev–Trinajstić information content (AvgIpc) is 3.29. The van der Waals surface area contributed by atoms with Gasteiger partial charge in [-0.2, -0.15) is 4.98 Å². The number of piperidine rings is 1. The number of fused-ring (bicyclic) bond motifs is 3. The highest BCUT2D eigenvalue weighted by atomic mass is 35.7. The zero-order valence-corrected chi connectivity index (χ0v) is 16.5. The molecule has 9 nitrogen and oxygen atoms in total. The lowest BCUT2D eigenvalue weighted by atomic mass is 9.88. The van der Waals surface area contributed by atoms with Crippen LogP contribution in [0.4, 0.5) is 10.8 Å². The third-order valence-electron chi connectivity index (χ3n) is 5.11. The third-order valence-corrected chi connectivity index (χ3v) is 7.27. The Balaban J connectivity index is 1.60. The van der Waals surface area contributed by atoms with Crippen LogP contribution < -0.4 is 4.90 Å². The van der Waals surface area contributed by atoms with E-state index in [2.05, 4.69) is 9.97 Å². The standard InChI is InChI=1S/C16H13ClN4O5S2/c17-28(24,25)11-2-1-10(14-18-3-4-27-14)13-12(11)19-15(26-13)20-6-8-5-9(7-20)21(8)16(22)23/h1-4,8-9H,5-7H2,(H,22,23). The van der Waals surface area contributed by atoms with Crippen LogP contribution in [0.25, 0.3) is 21.7 Å². The number of rotatable bonds is 3. The molecule has 2 atom stereocenters. The summed E-state index contributed by atoms with van der Waals surface area (Å²) < 4.78 is 29.9. The molecular formula is C16H13ClN4O5S2. The first kappa shape index (κ1) is 17.7. The number of halogens is 1. The van der Waals surface area contributed by atoms with Crippen LogP contribution in [0, 0.1) is 0 Å². The van der Waals surface area contributed by atoms with Crippen LogP contribution in [-0.4, -0.2) is 59.7 Å². The average molecular weight is 441 g/mol. The molecule has 5 heterocycles. The van der Waals surface area contributed by atoms with Gasteiger partial charge < -0.3 is 14.4 Å². The quantitative estimate of drug-likeness (QED) is 0.618. The van der Waals surface area contributed by atoms with Gasteiger partial charge in [-0.05, 0) is 18.6 Å². The Bertz CT molecular complexity index is 1180. The molecule has 3 saturated heterocycles. The van der Waals surface area contributed by atoms with E-state index < -0.39 is 15.1 Å². The van der Waals surface area contributed by atoms with Crippen LogP contribution in [-0.2, 0) is 9.05 Å². The first-order chi connectivity index (χ1) is 13.3. The minimum Gasteiger partial charge on any atom is -0.465 e. The van der Waals surface area contributed by atoms with Gasteiger partial charge in [0.15, 0.2) is 5.58 Å². The Morgan fingerprint density at radius 2 is 2.07 bits per heavy atom. The van der Waals surface area contributed by atoms with Crippen molar-refractivity contribution in [3.63, 3.8) is 0 Å². The summed E-state index contributed by atoms with van der Waals surface area (Å²) in [6, 6.07) is 3.00. The fourth-order valence-corrected chi connectivity index (χ4v) is 5.54. The summed E-state index contributed by atoms with van der Waals surface area (Å²) in [5.41, 5.74) is 1.06. The number of oxazole rings is 1. The van der Waals surface area contributed by atoms with E-state index in [1.165, 1.54) is 22.3 Å². The molecule has 2 aromatic heterocycles. The van der Waals surface area contributed by atoms with Gasteiger partial charge in [-0.15, -0.1) is 11.3 Å². The predicted octanol–water partition coefficient (Wildman–Crippen LogP) is 2.82. The number of thiazole rings is 1. The van der Waals surface area contributed by atoms with Crippen LogP contribution >= 0.6 is 22.0 Å². The van der Waals surface area contributed by atoms with Gasteiger partial charge in [-0.1, -0.05) is 0 Å². The van der Waals surface area contributed by atoms with Gasteiger partial charge in [0.2, 0.25) is 0 Å². The topological polar surface area (TPSA) is 117 Å². The molecule has 2 bridgehead atoms. The number of benzene rings is 1. The van der Waals surface area contributed by atoms with Crippen molar-refractivity contribution in [1.82, 2.24) is 14.9 Å². The fraction of sp³-hybridized carbons (Fsp3) is 0.312. The van der Waals surface area contributed by atoms with Gasteiger partial charge in [0.05, 0.1) is 17.6 Å². The van der Waals surface area contributed by atoms with Gasteiger partial charge in [-0.3, -0.25) is 4.90 Å². The number of carbonyl (C=O) groups is 1. The summed E-state index contributed by atoms with van der Waals surface area (Å²) in [6.45, 7) is 0.871. The Morgan fingerprint density at radius 3 is 2.68 bits per heavy atom. The third kappa shape index (κ3) is 2.65. The Kier molecular flexibility index (Phi) is 3.83. The second kappa shape index (κ2) is 6.06. The molecule has 28 heavy (non-hydrogen) atoms. The molecule has 1 aromatic carbocycles. The molecule has 2 unspecified atom stereocenters. The molecule has 6 rings (SSSR count). The van der Waals surface area contributed by atoms with E-state index in [9.17, 15) is 18.3 Å². The van der Waals surface area contributed by atoms with E-state index >= 15 is 0 Å². The molecule has 1 N–H and O–H groups in total. The maximum Gasteiger partial charge on any atom is 0.407 e. The molecule has 1 amide bonds. The highest BCUT2D eigenvalue weighted by Crippen LogP contribution is 2.39. The van der Waals surface area contributed by atoms with Crippen molar-refractivity contribution in [2.45, 2.75) is 23.4 Å². The van der Waals surface area contributed by atoms with Gasteiger partial charge in [0.25, 0.3) is 15.1 Å². The summed E-state index contributed by atoms with van der Waals surface area (Å²) in [5.74, 6) is 0. The molecule has 0 radical (unpaired) electrons. The van der Waals surface area contributed by atoms with Gasteiger partial charge in [-0.25, -0.2) is 18.2 Å². The van der Waals surface area contributed by atoms with Crippen molar-refractivity contribution >= 4 is 54.3 Å². The molecule has 0 saturated carbocycles. The van der Waals surface area contributed by atoms with Crippen LogP contribution in [0.3, 0.4) is 0 Å². The van der Waals surface area contributed by atoms with Gasteiger partial charge in [0.1, 0.15) is 15.4 Å². The second-order valence-corrected chi connectivity index (χ2v) is 10.1. The van der Waals surface area contributed by atoms with E-state index in [0.717, 1.165) is 6.42 Å². The molecule has 146 valence electrons. The second-order valence-electron chi connectivity index (χ2n) is 6.70. The predicted molar refractivity (Wildman–Crippen MR) is 102 cm³/mol. The zero-order valence-electron chi connectivity index (χ0n) is 14.1. The van der Waals surface area contributed by atoms with Crippen molar-refractivity contribution < 1.29 is 22.7 Å². The Morgan fingerprint density at radius 1 is 1.32 bits per heavy atom. The molecule has 12 heteroatoms. The zero-order chi connectivity index (χ0) is 19.6.